The molecule has 1 unspecified atom stereocenters. The first-order valence-electron chi connectivity index (χ1n) is 5.03. The van der Waals surface area contributed by atoms with E-state index in [4.69, 9.17) is 0 Å². The van der Waals surface area contributed by atoms with Crippen molar-refractivity contribution in [2.45, 2.75) is 12.5 Å². The molecule has 16 heavy (non-hydrogen) atoms. The van der Waals surface area contributed by atoms with E-state index in [0.29, 0.717) is 0 Å². The molecule has 0 spiro atoms. The summed E-state index contributed by atoms with van der Waals surface area (Å²) in [5, 5.41) is 5.66. The third-order valence-corrected chi connectivity index (χ3v) is 3.19. The lowest BCUT2D eigenvalue weighted by atomic mass is 10.1. The Morgan fingerprint density at radius 3 is 2.81 bits per heavy atom. The van der Waals surface area contributed by atoms with Crippen molar-refractivity contribution in [1.82, 2.24) is 10.3 Å². The molecule has 2 rings (SSSR count). The Bertz CT molecular complexity index is 428. The van der Waals surface area contributed by atoms with Crippen molar-refractivity contribution in [3.63, 3.8) is 0 Å². The van der Waals surface area contributed by atoms with E-state index in [1.807, 2.05) is 35.7 Å². The lowest BCUT2D eigenvalue weighted by Gasteiger charge is -2.13. The van der Waals surface area contributed by atoms with Crippen LogP contribution in [0, 0.1) is 0 Å². The smallest absolute Gasteiger partial charge is 0.207 e. The molecule has 1 heterocycles. The number of amides is 1. The van der Waals surface area contributed by atoms with Crippen LogP contribution in [0.1, 0.15) is 16.6 Å². The van der Waals surface area contributed by atoms with Gasteiger partial charge in [0.1, 0.15) is 5.01 Å². The van der Waals surface area contributed by atoms with Gasteiger partial charge in [0.05, 0.1) is 6.04 Å². The van der Waals surface area contributed by atoms with Gasteiger partial charge in [-0.3, -0.25) is 4.79 Å². The summed E-state index contributed by atoms with van der Waals surface area (Å²) in [6.45, 7) is 0. The molecular weight excluding hydrogens is 220 g/mol. The van der Waals surface area contributed by atoms with Gasteiger partial charge in [0.2, 0.25) is 6.41 Å². The Balaban J connectivity index is 2.12. The predicted octanol–water partition coefficient (Wildman–Crippen LogP) is 2.17. The average Bonchev–Trinajstić information content (AvgIpc) is 2.83. The summed E-state index contributed by atoms with van der Waals surface area (Å²) in [5.41, 5.74) is 1.19. The predicted molar refractivity (Wildman–Crippen MR) is 64.2 cm³/mol. The number of carbonyl (C=O) groups is 1. The van der Waals surface area contributed by atoms with E-state index in [2.05, 4.69) is 10.3 Å². The van der Waals surface area contributed by atoms with Crippen molar-refractivity contribution in [2.75, 3.05) is 0 Å². The van der Waals surface area contributed by atoms with Gasteiger partial charge in [0.15, 0.2) is 0 Å². The van der Waals surface area contributed by atoms with Crippen LogP contribution in [0.15, 0.2) is 41.9 Å². The zero-order valence-corrected chi connectivity index (χ0v) is 9.48. The molecule has 82 valence electrons. The minimum absolute atomic E-state index is 0.0279. The molecule has 1 amide bonds. The molecule has 0 aliphatic rings. The SMILES string of the molecule is O=CNC(Cc1ccccc1)c1nccs1. The van der Waals surface area contributed by atoms with Crippen LogP contribution in [0.3, 0.4) is 0 Å². The van der Waals surface area contributed by atoms with Crippen molar-refractivity contribution in [3.05, 3.63) is 52.5 Å². The fourth-order valence-corrected chi connectivity index (χ4v) is 2.25. The van der Waals surface area contributed by atoms with Crippen molar-refractivity contribution < 1.29 is 4.79 Å². The number of nitrogens with zero attached hydrogens (tertiary/aromatic N) is 1. The molecule has 1 atom stereocenters. The van der Waals surface area contributed by atoms with Gasteiger partial charge in [0, 0.05) is 11.6 Å². The highest BCUT2D eigenvalue weighted by molar-refractivity contribution is 7.09. The van der Waals surface area contributed by atoms with Crippen LogP contribution in [0.4, 0.5) is 0 Å². The number of aromatic nitrogens is 1. The Kier molecular flexibility index (Phi) is 3.66. The van der Waals surface area contributed by atoms with Crippen LogP contribution >= 0.6 is 11.3 Å². The molecule has 0 aliphatic carbocycles. The van der Waals surface area contributed by atoms with Crippen LogP contribution < -0.4 is 5.32 Å². The van der Waals surface area contributed by atoms with Gasteiger partial charge in [-0.15, -0.1) is 11.3 Å². The quantitative estimate of drug-likeness (QED) is 0.803. The third-order valence-electron chi connectivity index (χ3n) is 2.30. The first-order chi connectivity index (χ1) is 7.90. The summed E-state index contributed by atoms with van der Waals surface area (Å²) in [7, 11) is 0. The molecule has 0 fully saturated rings. The highest BCUT2D eigenvalue weighted by atomic mass is 32.1. The van der Waals surface area contributed by atoms with Gasteiger partial charge in [0.25, 0.3) is 0 Å². The molecular formula is C12H12N2OS. The van der Waals surface area contributed by atoms with Crippen molar-refractivity contribution in [1.29, 1.82) is 0 Å². The number of thiazole rings is 1. The maximum atomic E-state index is 10.6. The zero-order valence-electron chi connectivity index (χ0n) is 8.67. The summed E-state index contributed by atoms with van der Waals surface area (Å²) in [6.07, 6.45) is 3.26. The van der Waals surface area contributed by atoms with E-state index in [-0.39, 0.29) is 6.04 Å². The number of carbonyl (C=O) groups excluding carboxylic acids is 1. The van der Waals surface area contributed by atoms with Crippen LogP contribution in [0.2, 0.25) is 0 Å². The van der Waals surface area contributed by atoms with Crippen molar-refractivity contribution in [2.24, 2.45) is 0 Å². The summed E-state index contributed by atoms with van der Waals surface area (Å²) in [5.74, 6) is 0. The molecule has 1 N–H and O–H groups in total. The summed E-state index contributed by atoms with van der Waals surface area (Å²) in [4.78, 5) is 14.8. The lowest BCUT2D eigenvalue weighted by Crippen LogP contribution is -2.21. The van der Waals surface area contributed by atoms with Gasteiger partial charge in [-0.25, -0.2) is 4.98 Å². The second-order valence-corrected chi connectivity index (χ2v) is 4.32. The summed E-state index contributed by atoms with van der Waals surface area (Å²) >= 11 is 1.56. The largest absolute Gasteiger partial charge is 0.349 e. The Morgan fingerprint density at radius 1 is 1.38 bits per heavy atom. The van der Waals surface area contributed by atoms with Crippen molar-refractivity contribution >= 4 is 17.7 Å². The number of hydrogen-bond donors (Lipinski definition) is 1. The maximum absolute atomic E-state index is 10.6. The number of hydrogen-bond acceptors (Lipinski definition) is 3. The molecule has 1 aromatic heterocycles. The zero-order chi connectivity index (χ0) is 11.2. The number of rotatable bonds is 5. The first-order valence-corrected chi connectivity index (χ1v) is 5.91. The first kappa shape index (κ1) is 10.8. The Hall–Kier alpha value is -1.68. The Labute approximate surface area is 98.2 Å². The average molecular weight is 232 g/mol. The van der Waals surface area contributed by atoms with E-state index < -0.39 is 0 Å². The summed E-state index contributed by atoms with van der Waals surface area (Å²) < 4.78 is 0. The minimum Gasteiger partial charge on any atom is -0.349 e. The van der Waals surface area contributed by atoms with Crippen LogP contribution in [0.25, 0.3) is 0 Å². The van der Waals surface area contributed by atoms with Crippen LogP contribution in [-0.4, -0.2) is 11.4 Å². The third kappa shape index (κ3) is 2.67. The second kappa shape index (κ2) is 5.42. The molecule has 0 saturated heterocycles. The second-order valence-electron chi connectivity index (χ2n) is 3.40. The van der Waals surface area contributed by atoms with Crippen molar-refractivity contribution in [3.8, 4) is 0 Å². The molecule has 1 aromatic carbocycles. The van der Waals surface area contributed by atoms with E-state index in [1.54, 1.807) is 17.5 Å². The highest BCUT2D eigenvalue weighted by Crippen LogP contribution is 2.19. The number of nitrogens with one attached hydrogen (secondary N) is 1. The highest BCUT2D eigenvalue weighted by Gasteiger charge is 2.13. The van der Waals surface area contributed by atoms with Gasteiger partial charge < -0.3 is 5.32 Å². The summed E-state index contributed by atoms with van der Waals surface area (Å²) in [6, 6.07) is 10.0. The normalized spacial score (nSPS) is 12.0. The monoisotopic (exact) mass is 232 g/mol. The number of benzene rings is 1. The van der Waals surface area contributed by atoms with Crippen LogP contribution in [0.5, 0.6) is 0 Å². The van der Waals surface area contributed by atoms with E-state index in [0.717, 1.165) is 17.8 Å². The molecule has 2 aromatic rings. The Morgan fingerprint density at radius 2 is 2.19 bits per heavy atom. The fourth-order valence-electron chi connectivity index (χ4n) is 1.56. The van der Waals surface area contributed by atoms with Crippen LogP contribution in [-0.2, 0) is 11.2 Å². The fraction of sp³-hybridized carbons (Fsp3) is 0.167. The molecule has 3 nitrogen and oxygen atoms in total. The molecule has 0 aliphatic heterocycles. The van der Waals surface area contributed by atoms with Gasteiger partial charge >= 0.3 is 0 Å². The van der Waals surface area contributed by atoms with Gasteiger partial charge in [-0.05, 0) is 12.0 Å². The van der Waals surface area contributed by atoms with E-state index in [1.165, 1.54) is 5.56 Å². The van der Waals surface area contributed by atoms with E-state index >= 15 is 0 Å². The standard InChI is InChI=1S/C12H12N2OS/c15-9-14-11(12-13-6-7-16-12)8-10-4-2-1-3-5-10/h1-7,9,11H,8H2,(H,14,15). The van der Waals surface area contributed by atoms with Gasteiger partial charge in [-0.1, -0.05) is 30.3 Å². The maximum Gasteiger partial charge on any atom is 0.207 e. The van der Waals surface area contributed by atoms with E-state index in [9.17, 15) is 4.79 Å². The molecule has 0 radical (unpaired) electrons. The topological polar surface area (TPSA) is 42.0 Å². The molecule has 0 saturated carbocycles. The molecule has 0 bridgehead atoms. The van der Waals surface area contributed by atoms with Gasteiger partial charge in [-0.2, -0.15) is 0 Å². The minimum atomic E-state index is -0.0279. The molecule has 4 heteroatoms. The lowest BCUT2D eigenvalue weighted by molar-refractivity contribution is -0.110.